The summed E-state index contributed by atoms with van der Waals surface area (Å²) in [6, 6.07) is 4.37. The predicted molar refractivity (Wildman–Crippen MR) is 78.4 cm³/mol. The molecule has 0 saturated carbocycles. The second-order valence-electron chi connectivity index (χ2n) is 4.74. The molecule has 1 heterocycles. The SMILES string of the molecule is O=C(CS(=O)(=O)CC1CCCO1)c1ccc(Cl)cc1Cl. The summed E-state index contributed by atoms with van der Waals surface area (Å²) >= 11 is 11.6. The zero-order valence-electron chi connectivity index (χ0n) is 10.6. The van der Waals surface area contributed by atoms with Gasteiger partial charge in [-0.1, -0.05) is 23.2 Å². The quantitative estimate of drug-likeness (QED) is 0.775. The monoisotopic (exact) mass is 336 g/mol. The third-order valence-corrected chi connectivity index (χ3v) is 5.18. The third-order valence-electron chi connectivity index (χ3n) is 3.05. The molecule has 0 aromatic heterocycles. The molecule has 0 amide bonds. The molecule has 0 aliphatic carbocycles. The average molecular weight is 337 g/mol. The summed E-state index contributed by atoms with van der Waals surface area (Å²) in [4.78, 5) is 12.0. The minimum Gasteiger partial charge on any atom is -0.377 e. The second-order valence-corrected chi connectivity index (χ2v) is 7.69. The highest BCUT2D eigenvalue weighted by molar-refractivity contribution is 7.92. The lowest BCUT2D eigenvalue weighted by atomic mass is 10.1. The summed E-state index contributed by atoms with van der Waals surface area (Å²) < 4.78 is 29.2. The van der Waals surface area contributed by atoms with E-state index in [9.17, 15) is 13.2 Å². The Labute approximate surface area is 127 Å². The molecule has 1 aliphatic rings. The van der Waals surface area contributed by atoms with E-state index in [1.165, 1.54) is 18.2 Å². The van der Waals surface area contributed by atoms with Gasteiger partial charge in [-0.15, -0.1) is 0 Å². The molecule has 1 aromatic carbocycles. The van der Waals surface area contributed by atoms with Gasteiger partial charge in [-0.05, 0) is 31.0 Å². The van der Waals surface area contributed by atoms with Gasteiger partial charge in [-0.25, -0.2) is 8.42 Å². The number of halogens is 2. The molecular formula is C13H14Cl2O4S. The van der Waals surface area contributed by atoms with E-state index in [0.29, 0.717) is 11.6 Å². The first-order valence-corrected chi connectivity index (χ1v) is 8.75. The number of hydrogen-bond donors (Lipinski definition) is 0. The fraction of sp³-hybridized carbons (Fsp3) is 0.462. The zero-order chi connectivity index (χ0) is 14.8. The topological polar surface area (TPSA) is 60.4 Å². The molecule has 1 unspecified atom stereocenters. The molecule has 1 fully saturated rings. The number of carbonyl (C=O) groups excluding carboxylic acids is 1. The van der Waals surface area contributed by atoms with E-state index >= 15 is 0 Å². The number of carbonyl (C=O) groups is 1. The molecule has 20 heavy (non-hydrogen) atoms. The fourth-order valence-electron chi connectivity index (χ4n) is 2.11. The Bertz CT molecular complexity index is 607. The van der Waals surface area contributed by atoms with Crippen molar-refractivity contribution < 1.29 is 17.9 Å². The first-order chi connectivity index (χ1) is 9.37. The molecule has 1 aromatic rings. The van der Waals surface area contributed by atoms with E-state index in [1.807, 2.05) is 0 Å². The molecular weight excluding hydrogens is 323 g/mol. The lowest BCUT2D eigenvalue weighted by Crippen LogP contribution is -2.26. The van der Waals surface area contributed by atoms with E-state index in [0.717, 1.165) is 12.8 Å². The van der Waals surface area contributed by atoms with Gasteiger partial charge in [0.15, 0.2) is 15.6 Å². The standard InChI is InChI=1S/C13H14Cl2O4S/c14-9-3-4-11(12(15)6-9)13(16)8-20(17,18)7-10-2-1-5-19-10/h3-4,6,10H,1-2,5,7-8H2. The van der Waals surface area contributed by atoms with Crippen LogP contribution in [-0.2, 0) is 14.6 Å². The van der Waals surface area contributed by atoms with Crippen molar-refractivity contribution >= 4 is 38.8 Å². The van der Waals surface area contributed by atoms with Crippen LogP contribution in [-0.4, -0.2) is 38.4 Å². The summed E-state index contributed by atoms with van der Waals surface area (Å²) in [5, 5.41) is 0.559. The molecule has 4 nitrogen and oxygen atoms in total. The second kappa shape index (κ2) is 6.43. The molecule has 1 saturated heterocycles. The van der Waals surface area contributed by atoms with Gasteiger partial charge in [0.05, 0.1) is 16.9 Å². The summed E-state index contributed by atoms with van der Waals surface area (Å²) in [7, 11) is -3.51. The van der Waals surface area contributed by atoms with Crippen LogP contribution in [0.5, 0.6) is 0 Å². The lowest BCUT2D eigenvalue weighted by Gasteiger charge is -2.10. The van der Waals surface area contributed by atoms with Crippen LogP contribution < -0.4 is 0 Å². The van der Waals surface area contributed by atoms with Crippen molar-refractivity contribution in [3.05, 3.63) is 33.8 Å². The normalized spacial score (nSPS) is 19.2. The van der Waals surface area contributed by atoms with Gasteiger partial charge in [0, 0.05) is 17.2 Å². The third kappa shape index (κ3) is 4.19. The molecule has 7 heteroatoms. The Morgan fingerprint density at radius 1 is 1.35 bits per heavy atom. The Morgan fingerprint density at radius 2 is 2.10 bits per heavy atom. The number of Topliss-reactive ketones (excluding diaryl/α,β-unsaturated/α-hetero) is 1. The van der Waals surface area contributed by atoms with Gasteiger partial charge >= 0.3 is 0 Å². The maximum atomic E-state index is 12.0. The van der Waals surface area contributed by atoms with Gasteiger partial charge in [-0.3, -0.25) is 4.79 Å². The molecule has 1 atom stereocenters. The van der Waals surface area contributed by atoms with E-state index in [4.69, 9.17) is 27.9 Å². The minimum atomic E-state index is -3.51. The van der Waals surface area contributed by atoms with Crippen LogP contribution in [0, 0.1) is 0 Å². The Balaban J connectivity index is 2.06. The van der Waals surface area contributed by atoms with Crippen molar-refractivity contribution in [2.45, 2.75) is 18.9 Å². The van der Waals surface area contributed by atoms with Gasteiger partial charge in [0.2, 0.25) is 0 Å². The highest BCUT2D eigenvalue weighted by Crippen LogP contribution is 2.22. The summed E-state index contributed by atoms with van der Waals surface area (Å²) in [5.41, 5.74) is 0.173. The predicted octanol–water partition coefficient (Wildman–Crippen LogP) is 2.77. The fourth-order valence-corrected chi connectivity index (χ4v) is 4.13. The molecule has 2 rings (SSSR count). The largest absolute Gasteiger partial charge is 0.377 e. The highest BCUT2D eigenvalue weighted by Gasteiger charge is 2.26. The Kier molecular flexibility index (Phi) is 5.07. The zero-order valence-corrected chi connectivity index (χ0v) is 13.0. The van der Waals surface area contributed by atoms with Crippen LogP contribution in [0.4, 0.5) is 0 Å². The van der Waals surface area contributed by atoms with E-state index in [2.05, 4.69) is 0 Å². The van der Waals surface area contributed by atoms with Crippen molar-refractivity contribution in [3.8, 4) is 0 Å². The molecule has 110 valence electrons. The highest BCUT2D eigenvalue weighted by atomic mass is 35.5. The maximum Gasteiger partial charge on any atom is 0.179 e. The molecule has 1 aliphatic heterocycles. The minimum absolute atomic E-state index is 0.121. The molecule has 0 spiro atoms. The van der Waals surface area contributed by atoms with Gasteiger partial charge in [-0.2, -0.15) is 0 Å². The van der Waals surface area contributed by atoms with Crippen molar-refractivity contribution in [3.63, 3.8) is 0 Å². The van der Waals surface area contributed by atoms with E-state index < -0.39 is 21.4 Å². The van der Waals surface area contributed by atoms with Crippen molar-refractivity contribution in [1.82, 2.24) is 0 Å². The van der Waals surface area contributed by atoms with Crippen LogP contribution in [0.15, 0.2) is 18.2 Å². The smallest absolute Gasteiger partial charge is 0.179 e. The number of hydrogen-bond acceptors (Lipinski definition) is 4. The van der Waals surface area contributed by atoms with Crippen LogP contribution in [0.1, 0.15) is 23.2 Å². The van der Waals surface area contributed by atoms with Crippen molar-refractivity contribution in [2.75, 3.05) is 18.1 Å². The van der Waals surface area contributed by atoms with Crippen LogP contribution in [0.25, 0.3) is 0 Å². The van der Waals surface area contributed by atoms with Crippen molar-refractivity contribution in [1.29, 1.82) is 0 Å². The first kappa shape index (κ1) is 15.8. The summed E-state index contributed by atoms with van der Waals surface area (Å²) in [6.07, 6.45) is 1.28. The number of sulfone groups is 1. The molecule has 0 bridgehead atoms. The van der Waals surface area contributed by atoms with Gasteiger partial charge in [0.25, 0.3) is 0 Å². The molecule has 0 N–H and O–H groups in total. The van der Waals surface area contributed by atoms with Crippen molar-refractivity contribution in [2.24, 2.45) is 0 Å². The average Bonchev–Trinajstić information content (AvgIpc) is 2.79. The first-order valence-electron chi connectivity index (χ1n) is 6.18. The van der Waals surface area contributed by atoms with E-state index in [-0.39, 0.29) is 22.4 Å². The number of rotatable bonds is 5. The summed E-state index contributed by atoms with van der Waals surface area (Å²) in [5.74, 6) is -1.21. The van der Waals surface area contributed by atoms with Gasteiger partial charge < -0.3 is 4.74 Å². The van der Waals surface area contributed by atoms with Crippen LogP contribution in [0.2, 0.25) is 10.0 Å². The number of ether oxygens (including phenoxy) is 1. The van der Waals surface area contributed by atoms with E-state index in [1.54, 1.807) is 0 Å². The molecule has 0 radical (unpaired) electrons. The Morgan fingerprint density at radius 3 is 2.70 bits per heavy atom. The Hall–Kier alpha value is -0.620. The van der Waals surface area contributed by atoms with Crippen LogP contribution >= 0.6 is 23.2 Å². The van der Waals surface area contributed by atoms with Crippen LogP contribution in [0.3, 0.4) is 0 Å². The lowest BCUT2D eigenvalue weighted by molar-refractivity contribution is 0.102. The maximum absolute atomic E-state index is 12.0. The number of ketones is 1. The number of benzene rings is 1. The van der Waals surface area contributed by atoms with Gasteiger partial charge in [0.1, 0.15) is 5.75 Å². The summed E-state index contributed by atoms with van der Waals surface area (Å²) in [6.45, 7) is 0.581.